The van der Waals surface area contributed by atoms with E-state index in [1.165, 1.54) is 6.07 Å². The quantitative estimate of drug-likeness (QED) is 0.573. The molecule has 0 aliphatic carbocycles. The van der Waals surface area contributed by atoms with Crippen LogP contribution in [0.25, 0.3) is 0 Å². The molecular weight excluding hydrogens is 179 g/mol. The molecule has 2 nitrogen and oxygen atoms in total. The minimum atomic E-state index is -0.198. The molecule has 1 unspecified atom stereocenters. The predicted molar refractivity (Wildman–Crippen MR) is 55.9 cm³/mol. The van der Waals surface area contributed by atoms with Crippen LogP contribution in [0.3, 0.4) is 0 Å². The first-order chi connectivity index (χ1) is 6.65. The third-order valence-electron chi connectivity index (χ3n) is 2.19. The topological polar surface area (TPSA) is 38.0 Å². The van der Waals surface area contributed by atoms with Gasteiger partial charge in [0.2, 0.25) is 0 Å². The van der Waals surface area contributed by atoms with E-state index in [1.807, 2.05) is 6.07 Å². The van der Waals surface area contributed by atoms with Gasteiger partial charge in [-0.25, -0.2) is 4.39 Å². The molecule has 0 radical (unpaired) electrons. The summed E-state index contributed by atoms with van der Waals surface area (Å²) in [4.78, 5) is 0. The van der Waals surface area contributed by atoms with E-state index < -0.39 is 0 Å². The summed E-state index contributed by atoms with van der Waals surface area (Å²) in [6, 6.07) is 6.63. The Bertz CT molecular complexity index is 286. The van der Waals surface area contributed by atoms with Gasteiger partial charge in [0, 0.05) is 11.6 Å². The van der Waals surface area contributed by atoms with Crippen LogP contribution in [-0.4, -0.2) is 0 Å². The molecular formula is C11H17FN2. The highest BCUT2D eigenvalue weighted by Gasteiger charge is 2.14. The van der Waals surface area contributed by atoms with Gasteiger partial charge in [0.1, 0.15) is 5.82 Å². The van der Waals surface area contributed by atoms with E-state index >= 15 is 0 Å². The standard InChI is InChI=1S/C11H17FN2/c1-8(2)7-11(14-13)9-5-3-4-6-10(9)12/h3-6,8,11,14H,7,13H2,1-2H3. The summed E-state index contributed by atoms with van der Waals surface area (Å²) in [5.74, 6) is 5.69. The lowest BCUT2D eigenvalue weighted by Gasteiger charge is -2.18. The van der Waals surface area contributed by atoms with E-state index in [4.69, 9.17) is 5.84 Å². The zero-order valence-corrected chi connectivity index (χ0v) is 8.63. The van der Waals surface area contributed by atoms with Crippen LogP contribution in [0.15, 0.2) is 24.3 Å². The van der Waals surface area contributed by atoms with Crippen molar-refractivity contribution in [3.8, 4) is 0 Å². The van der Waals surface area contributed by atoms with Crippen molar-refractivity contribution in [1.82, 2.24) is 5.43 Å². The zero-order valence-electron chi connectivity index (χ0n) is 8.63. The maximum atomic E-state index is 13.4. The maximum absolute atomic E-state index is 13.4. The van der Waals surface area contributed by atoms with Gasteiger partial charge < -0.3 is 0 Å². The Balaban J connectivity index is 2.83. The fraction of sp³-hybridized carbons (Fsp3) is 0.455. The monoisotopic (exact) mass is 196 g/mol. The van der Waals surface area contributed by atoms with Crippen molar-refractivity contribution >= 4 is 0 Å². The summed E-state index contributed by atoms with van der Waals surface area (Å²) in [6.07, 6.45) is 0.831. The minimum absolute atomic E-state index is 0.101. The Hall–Kier alpha value is -0.930. The second-order valence-corrected chi connectivity index (χ2v) is 3.87. The molecule has 1 rings (SSSR count). The Morgan fingerprint density at radius 1 is 1.36 bits per heavy atom. The number of nitrogens with two attached hydrogens (primary N) is 1. The average molecular weight is 196 g/mol. The highest BCUT2D eigenvalue weighted by atomic mass is 19.1. The lowest BCUT2D eigenvalue weighted by molar-refractivity contribution is 0.423. The molecule has 0 heterocycles. The normalized spacial score (nSPS) is 13.2. The average Bonchev–Trinajstić information content (AvgIpc) is 2.15. The second-order valence-electron chi connectivity index (χ2n) is 3.87. The van der Waals surface area contributed by atoms with Crippen molar-refractivity contribution < 1.29 is 4.39 Å². The van der Waals surface area contributed by atoms with Crippen LogP contribution < -0.4 is 11.3 Å². The van der Waals surface area contributed by atoms with Crippen molar-refractivity contribution in [1.29, 1.82) is 0 Å². The molecule has 0 saturated heterocycles. The summed E-state index contributed by atoms with van der Waals surface area (Å²) < 4.78 is 13.4. The zero-order chi connectivity index (χ0) is 10.6. The molecule has 0 aromatic heterocycles. The van der Waals surface area contributed by atoms with Gasteiger partial charge in [-0.05, 0) is 18.4 Å². The fourth-order valence-electron chi connectivity index (χ4n) is 1.51. The number of hydrogen-bond acceptors (Lipinski definition) is 2. The van der Waals surface area contributed by atoms with Gasteiger partial charge in [0.05, 0.1) is 0 Å². The number of halogens is 1. The molecule has 0 aliphatic heterocycles. The Morgan fingerprint density at radius 3 is 2.50 bits per heavy atom. The van der Waals surface area contributed by atoms with Crippen LogP contribution in [0.2, 0.25) is 0 Å². The van der Waals surface area contributed by atoms with E-state index in [1.54, 1.807) is 12.1 Å². The number of hydrogen-bond donors (Lipinski definition) is 2. The van der Waals surface area contributed by atoms with Crippen LogP contribution in [0.4, 0.5) is 4.39 Å². The second kappa shape index (κ2) is 5.08. The maximum Gasteiger partial charge on any atom is 0.128 e. The highest BCUT2D eigenvalue weighted by Crippen LogP contribution is 2.22. The van der Waals surface area contributed by atoms with Crippen LogP contribution in [0.1, 0.15) is 31.9 Å². The fourth-order valence-corrected chi connectivity index (χ4v) is 1.51. The summed E-state index contributed by atoms with van der Waals surface area (Å²) in [5.41, 5.74) is 3.29. The number of rotatable bonds is 4. The van der Waals surface area contributed by atoms with Crippen molar-refractivity contribution in [3.05, 3.63) is 35.6 Å². The van der Waals surface area contributed by atoms with Gasteiger partial charge in [0.15, 0.2) is 0 Å². The molecule has 0 bridgehead atoms. The Labute approximate surface area is 84.3 Å². The molecule has 3 heteroatoms. The number of nitrogens with one attached hydrogen (secondary N) is 1. The molecule has 0 aliphatic rings. The first kappa shape index (κ1) is 11.1. The number of hydrazine groups is 1. The molecule has 1 aromatic rings. The summed E-state index contributed by atoms with van der Waals surface area (Å²) in [6.45, 7) is 4.18. The first-order valence-corrected chi connectivity index (χ1v) is 4.85. The van der Waals surface area contributed by atoms with Crippen LogP contribution in [-0.2, 0) is 0 Å². The van der Waals surface area contributed by atoms with E-state index in [9.17, 15) is 4.39 Å². The van der Waals surface area contributed by atoms with Gasteiger partial charge in [-0.3, -0.25) is 11.3 Å². The first-order valence-electron chi connectivity index (χ1n) is 4.85. The van der Waals surface area contributed by atoms with Crippen LogP contribution in [0, 0.1) is 11.7 Å². The van der Waals surface area contributed by atoms with E-state index in [0.29, 0.717) is 11.5 Å². The van der Waals surface area contributed by atoms with Crippen molar-refractivity contribution in [2.24, 2.45) is 11.8 Å². The predicted octanol–water partition coefficient (Wildman–Crippen LogP) is 2.38. The van der Waals surface area contributed by atoms with E-state index in [2.05, 4.69) is 19.3 Å². The minimum Gasteiger partial charge on any atom is -0.271 e. The highest BCUT2D eigenvalue weighted by molar-refractivity contribution is 5.20. The molecule has 1 aromatic carbocycles. The van der Waals surface area contributed by atoms with Gasteiger partial charge in [0.25, 0.3) is 0 Å². The van der Waals surface area contributed by atoms with Gasteiger partial charge >= 0.3 is 0 Å². The van der Waals surface area contributed by atoms with Crippen molar-refractivity contribution in [2.75, 3.05) is 0 Å². The van der Waals surface area contributed by atoms with Crippen molar-refractivity contribution in [3.63, 3.8) is 0 Å². The lowest BCUT2D eigenvalue weighted by atomic mass is 9.97. The van der Waals surface area contributed by atoms with E-state index in [0.717, 1.165) is 6.42 Å². The Morgan fingerprint density at radius 2 is 2.00 bits per heavy atom. The van der Waals surface area contributed by atoms with Crippen LogP contribution >= 0.6 is 0 Å². The summed E-state index contributed by atoms with van der Waals surface area (Å²) in [5, 5.41) is 0. The van der Waals surface area contributed by atoms with E-state index in [-0.39, 0.29) is 11.9 Å². The van der Waals surface area contributed by atoms with Crippen molar-refractivity contribution in [2.45, 2.75) is 26.3 Å². The molecule has 14 heavy (non-hydrogen) atoms. The number of benzene rings is 1. The van der Waals surface area contributed by atoms with Crippen LogP contribution in [0.5, 0.6) is 0 Å². The summed E-state index contributed by atoms with van der Waals surface area (Å²) in [7, 11) is 0. The molecule has 1 atom stereocenters. The van der Waals surface area contributed by atoms with Gasteiger partial charge in [-0.2, -0.15) is 0 Å². The summed E-state index contributed by atoms with van der Waals surface area (Å²) >= 11 is 0. The van der Waals surface area contributed by atoms with Gasteiger partial charge in [-0.15, -0.1) is 0 Å². The lowest BCUT2D eigenvalue weighted by Crippen LogP contribution is -2.29. The molecule has 0 saturated carbocycles. The Kier molecular flexibility index (Phi) is 4.04. The molecule has 0 amide bonds. The third-order valence-corrected chi connectivity index (χ3v) is 2.19. The smallest absolute Gasteiger partial charge is 0.128 e. The molecule has 0 fully saturated rings. The molecule has 78 valence electrons. The van der Waals surface area contributed by atoms with Gasteiger partial charge in [-0.1, -0.05) is 32.0 Å². The molecule has 3 N–H and O–H groups in total. The molecule has 0 spiro atoms. The SMILES string of the molecule is CC(C)CC(NN)c1ccccc1F. The third kappa shape index (κ3) is 2.79. The largest absolute Gasteiger partial charge is 0.271 e.